The molecular formula is C19H24N4O. The molecule has 1 N–H and O–H groups in total. The number of nitrogens with zero attached hydrogens (tertiary/aromatic N) is 3. The summed E-state index contributed by atoms with van der Waals surface area (Å²) in [5.41, 5.74) is 12.4. The first-order valence-corrected chi connectivity index (χ1v) is 8.17. The van der Waals surface area contributed by atoms with Crippen molar-refractivity contribution in [2.75, 3.05) is 20.2 Å². The van der Waals surface area contributed by atoms with Gasteiger partial charge in [0.15, 0.2) is 0 Å². The zero-order valence-corrected chi connectivity index (χ0v) is 14.3. The number of aryl methyl sites for hydroxylation is 2. The molecule has 0 saturated carbocycles. The molecule has 0 saturated heterocycles. The van der Waals surface area contributed by atoms with E-state index < -0.39 is 0 Å². The third-order valence-electron chi connectivity index (χ3n) is 4.10. The van der Waals surface area contributed by atoms with E-state index >= 15 is 0 Å². The fraction of sp³-hybridized carbons (Fsp3) is 0.368. The number of methoxy groups -OCH3 is 1. The largest absolute Gasteiger partial charge is 0.497 e. The van der Waals surface area contributed by atoms with E-state index in [1.165, 1.54) is 11.1 Å². The molecule has 2 aromatic carbocycles. The summed E-state index contributed by atoms with van der Waals surface area (Å²) in [6, 6.07) is 16.3. The molecule has 24 heavy (non-hydrogen) atoms. The van der Waals surface area contributed by atoms with Crippen molar-refractivity contribution in [3.8, 4) is 5.75 Å². The summed E-state index contributed by atoms with van der Waals surface area (Å²) in [5, 5.41) is 7.22. The highest BCUT2D eigenvalue weighted by atomic mass is 16.5. The van der Waals surface area contributed by atoms with Gasteiger partial charge < -0.3 is 10.1 Å². The predicted octanol–water partition coefficient (Wildman–Crippen LogP) is 4.58. The average Bonchev–Trinajstić information content (AvgIpc) is 2.62. The number of hydrogen-bond acceptors (Lipinski definition) is 3. The highest BCUT2D eigenvalue weighted by molar-refractivity contribution is 5.31. The number of ether oxygens (including phenoxy) is 1. The highest BCUT2D eigenvalue weighted by Crippen LogP contribution is 2.20. The fourth-order valence-corrected chi connectivity index (χ4v) is 2.71. The molecule has 0 aliphatic rings. The van der Waals surface area contributed by atoms with E-state index in [0.29, 0.717) is 6.54 Å². The molecular weight excluding hydrogens is 300 g/mol. The Bertz CT molecular complexity index is 695. The van der Waals surface area contributed by atoms with Crippen LogP contribution in [0.25, 0.3) is 10.4 Å². The molecule has 0 aliphatic carbocycles. The monoisotopic (exact) mass is 324 g/mol. The Hall–Kier alpha value is -2.49. The second kappa shape index (κ2) is 9.60. The van der Waals surface area contributed by atoms with Gasteiger partial charge in [0.25, 0.3) is 0 Å². The van der Waals surface area contributed by atoms with Gasteiger partial charge in [-0.2, -0.15) is 0 Å². The van der Waals surface area contributed by atoms with Crippen LogP contribution in [0.3, 0.4) is 0 Å². The molecule has 0 unspecified atom stereocenters. The molecule has 0 aromatic heterocycles. The van der Waals surface area contributed by atoms with Crippen LogP contribution in [0.1, 0.15) is 29.2 Å². The van der Waals surface area contributed by atoms with E-state index in [1.54, 1.807) is 7.11 Å². The average molecular weight is 324 g/mol. The van der Waals surface area contributed by atoms with Gasteiger partial charge in [-0.05, 0) is 60.7 Å². The van der Waals surface area contributed by atoms with E-state index in [2.05, 4.69) is 46.5 Å². The Balaban J connectivity index is 1.93. The van der Waals surface area contributed by atoms with Crippen molar-refractivity contribution in [3.05, 3.63) is 75.7 Å². The zero-order chi connectivity index (χ0) is 17.2. The van der Waals surface area contributed by atoms with Crippen LogP contribution in [-0.2, 0) is 6.42 Å². The van der Waals surface area contributed by atoms with Gasteiger partial charge in [-0.1, -0.05) is 41.5 Å². The van der Waals surface area contributed by atoms with Crippen molar-refractivity contribution in [1.29, 1.82) is 0 Å². The van der Waals surface area contributed by atoms with Crippen LogP contribution < -0.4 is 10.1 Å². The van der Waals surface area contributed by atoms with Crippen LogP contribution >= 0.6 is 0 Å². The molecule has 0 spiro atoms. The first-order valence-electron chi connectivity index (χ1n) is 8.17. The normalized spacial score (nSPS) is 11.6. The van der Waals surface area contributed by atoms with E-state index in [4.69, 9.17) is 10.3 Å². The summed E-state index contributed by atoms with van der Waals surface area (Å²) in [7, 11) is 1.65. The van der Waals surface area contributed by atoms with Gasteiger partial charge in [-0.15, -0.1) is 0 Å². The van der Waals surface area contributed by atoms with Gasteiger partial charge in [0.1, 0.15) is 5.75 Å². The second-order valence-electron chi connectivity index (χ2n) is 5.73. The Kier molecular flexibility index (Phi) is 7.15. The van der Waals surface area contributed by atoms with Crippen molar-refractivity contribution in [2.45, 2.75) is 25.8 Å². The van der Waals surface area contributed by atoms with Gasteiger partial charge in [0.2, 0.25) is 0 Å². The van der Waals surface area contributed by atoms with Gasteiger partial charge in [-0.25, -0.2) is 0 Å². The molecule has 0 radical (unpaired) electrons. The molecule has 2 rings (SSSR count). The quantitative estimate of drug-likeness (QED) is 0.317. The lowest BCUT2D eigenvalue weighted by atomic mass is 10.0. The lowest BCUT2D eigenvalue weighted by Crippen LogP contribution is -2.25. The van der Waals surface area contributed by atoms with Gasteiger partial charge >= 0.3 is 0 Å². The number of rotatable bonds is 9. The molecule has 0 aliphatic heterocycles. The summed E-state index contributed by atoms with van der Waals surface area (Å²) in [6.07, 6.45) is 2.06. The molecule has 0 bridgehead atoms. The third kappa shape index (κ3) is 5.30. The predicted molar refractivity (Wildman–Crippen MR) is 97.3 cm³/mol. The summed E-state index contributed by atoms with van der Waals surface area (Å²) >= 11 is 0. The SMILES string of the molecule is COc1cccc([C@H](CN=[N+]=[N-])NCCCc2ccccc2C)c1. The van der Waals surface area contributed by atoms with E-state index in [0.717, 1.165) is 30.7 Å². The number of azide groups is 1. The topological polar surface area (TPSA) is 70.0 Å². The molecule has 5 nitrogen and oxygen atoms in total. The maximum absolute atomic E-state index is 8.62. The lowest BCUT2D eigenvalue weighted by molar-refractivity contribution is 0.413. The van der Waals surface area contributed by atoms with Crippen LogP contribution in [0.4, 0.5) is 0 Å². The van der Waals surface area contributed by atoms with Crippen molar-refractivity contribution >= 4 is 0 Å². The fourth-order valence-electron chi connectivity index (χ4n) is 2.71. The second-order valence-corrected chi connectivity index (χ2v) is 5.73. The van der Waals surface area contributed by atoms with Crippen molar-refractivity contribution in [1.82, 2.24) is 5.32 Å². The van der Waals surface area contributed by atoms with Crippen LogP contribution in [0.15, 0.2) is 53.6 Å². The number of benzene rings is 2. The molecule has 0 heterocycles. The summed E-state index contributed by atoms with van der Waals surface area (Å²) < 4.78 is 5.27. The molecule has 0 fully saturated rings. The minimum absolute atomic E-state index is 0.00660. The van der Waals surface area contributed by atoms with E-state index in [9.17, 15) is 0 Å². The third-order valence-corrected chi connectivity index (χ3v) is 4.10. The summed E-state index contributed by atoms with van der Waals surface area (Å²) in [5.74, 6) is 0.806. The van der Waals surface area contributed by atoms with Crippen molar-refractivity contribution in [2.24, 2.45) is 5.11 Å². The van der Waals surface area contributed by atoms with E-state index in [1.807, 2.05) is 24.3 Å². The van der Waals surface area contributed by atoms with Crippen LogP contribution in [0.5, 0.6) is 5.75 Å². The minimum Gasteiger partial charge on any atom is -0.497 e. The highest BCUT2D eigenvalue weighted by Gasteiger charge is 2.10. The molecule has 126 valence electrons. The van der Waals surface area contributed by atoms with Crippen molar-refractivity contribution in [3.63, 3.8) is 0 Å². The van der Waals surface area contributed by atoms with Gasteiger partial charge in [-0.3, -0.25) is 0 Å². The van der Waals surface area contributed by atoms with Gasteiger partial charge in [0.05, 0.1) is 7.11 Å². The maximum atomic E-state index is 8.62. The van der Waals surface area contributed by atoms with Crippen LogP contribution in [-0.4, -0.2) is 20.2 Å². The number of hydrogen-bond donors (Lipinski definition) is 1. The standard InChI is InChI=1S/C19H24N4O/c1-15-7-3-4-8-16(15)10-6-12-21-19(14-22-23-20)17-9-5-11-18(13-17)24-2/h3-5,7-9,11,13,19,21H,6,10,12,14H2,1-2H3/t19-/m0/s1. The molecule has 0 amide bonds. The number of nitrogens with one attached hydrogen (secondary N) is 1. The van der Waals surface area contributed by atoms with E-state index in [-0.39, 0.29) is 6.04 Å². The Morgan fingerprint density at radius 3 is 2.79 bits per heavy atom. The minimum atomic E-state index is -0.00660. The molecule has 2 aromatic rings. The molecule has 1 atom stereocenters. The Labute approximate surface area is 143 Å². The zero-order valence-electron chi connectivity index (χ0n) is 14.3. The molecule has 5 heteroatoms. The maximum Gasteiger partial charge on any atom is 0.119 e. The first kappa shape index (κ1) is 17.9. The summed E-state index contributed by atoms with van der Waals surface area (Å²) in [6.45, 7) is 3.38. The van der Waals surface area contributed by atoms with Crippen LogP contribution in [0.2, 0.25) is 0 Å². The van der Waals surface area contributed by atoms with Crippen LogP contribution in [0, 0.1) is 6.92 Å². The summed E-state index contributed by atoms with van der Waals surface area (Å²) in [4.78, 5) is 2.88. The Morgan fingerprint density at radius 2 is 2.04 bits per heavy atom. The van der Waals surface area contributed by atoms with Gasteiger partial charge in [0, 0.05) is 17.5 Å². The lowest BCUT2D eigenvalue weighted by Gasteiger charge is -2.18. The van der Waals surface area contributed by atoms with Crippen molar-refractivity contribution < 1.29 is 4.74 Å². The Morgan fingerprint density at radius 1 is 1.21 bits per heavy atom. The first-order chi connectivity index (χ1) is 11.7. The smallest absolute Gasteiger partial charge is 0.119 e.